The van der Waals surface area contributed by atoms with E-state index >= 15 is 0 Å². The molecule has 1 aromatic heterocycles. The van der Waals surface area contributed by atoms with Crippen molar-refractivity contribution in [1.29, 1.82) is 5.26 Å². The van der Waals surface area contributed by atoms with Crippen LogP contribution >= 0.6 is 15.9 Å². The molecule has 0 unspecified atom stereocenters. The van der Waals surface area contributed by atoms with Crippen LogP contribution in [-0.4, -0.2) is 16.7 Å². The Hall–Kier alpha value is -1.87. The Kier molecular flexibility index (Phi) is 3.73. The highest BCUT2D eigenvalue weighted by Gasteiger charge is 2.03. The maximum absolute atomic E-state index is 8.95. The summed E-state index contributed by atoms with van der Waals surface area (Å²) in [7, 11) is 0. The molecule has 6 heteroatoms. The van der Waals surface area contributed by atoms with Gasteiger partial charge in [0.15, 0.2) is 5.82 Å². The first-order valence-corrected chi connectivity index (χ1v) is 5.77. The van der Waals surface area contributed by atoms with Gasteiger partial charge in [0.1, 0.15) is 6.07 Å². The first kappa shape index (κ1) is 11.6. The number of nitrogens with one attached hydrogen (secondary N) is 1. The van der Waals surface area contributed by atoms with E-state index < -0.39 is 0 Å². The molecule has 2 rings (SSSR count). The van der Waals surface area contributed by atoms with E-state index in [1.807, 2.05) is 12.1 Å². The Morgan fingerprint density at radius 2 is 2.35 bits per heavy atom. The Bertz CT molecular complexity index is 533. The lowest BCUT2D eigenvalue weighted by molar-refractivity contribution is 0.410. The normalized spacial score (nSPS) is 9.88. The van der Waals surface area contributed by atoms with Gasteiger partial charge in [-0.15, -0.1) is 0 Å². The summed E-state index contributed by atoms with van der Waals surface area (Å²) in [5, 5.41) is 15.8. The van der Waals surface area contributed by atoms with E-state index in [0.29, 0.717) is 24.4 Å². The van der Waals surface area contributed by atoms with E-state index in [4.69, 9.17) is 5.26 Å². The summed E-state index contributed by atoms with van der Waals surface area (Å²) in [6.07, 6.45) is 1.95. The minimum absolute atomic E-state index is 0.612. The van der Waals surface area contributed by atoms with Crippen LogP contribution in [0.25, 0.3) is 0 Å². The van der Waals surface area contributed by atoms with Gasteiger partial charge in [0.25, 0.3) is 0 Å². The predicted octanol–water partition coefficient (Wildman–Crippen LogP) is 2.36. The van der Waals surface area contributed by atoms with Crippen LogP contribution in [0.2, 0.25) is 0 Å². The maximum Gasteiger partial charge on any atom is 0.213 e. The SMILES string of the molecule is N#Cc1ccc(Br)cc1NCCc1ncon1. The van der Waals surface area contributed by atoms with Crippen molar-refractivity contribution < 1.29 is 4.52 Å². The van der Waals surface area contributed by atoms with Crippen LogP contribution in [0.4, 0.5) is 5.69 Å². The van der Waals surface area contributed by atoms with Crippen molar-refractivity contribution in [2.45, 2.75) is 6.42 Å². The topological polar surface area (TPSA) is 74.7 Å². The van der Waals surface area contributed by atoms with Crippen molar-refractivity contribution in [3.8, 4) is 6.07 Å². The third-order valence-electron chi connectivity index (χ3n) is 2.17. The Morgan fingerprint density at radius 3 is 3.06 bits per heavy atom. The number of hydrogen-bond donors (Lipinski definition) is 1. The van der Waals surface area contributed by atoms with Crippen molar-refractivity contribution in [3.05, 3.63) is 40.5 Å². The smallest absolute Gasteiger partial charge is 0.213 e. The minimum Gasteiger partial charge on any atom is -0.383 e. The molecule has 0 atom stereocenters. The number of benzene rings is 1. The summed E-state index contributed by atoms with van der Waals surface area (Å²) in [6, 6.07) is 7.60. The molecular weight excluding hydrogens is 284 g/mol. The van der Waals surface area contributed by atoms with Crippen molar-refractivity contribution >= 4 is 21.6 Å². The molecule has 1 heterocycles. The van der Waals surface area contributed by atoms with Crippen LogP contribution in [0, 0.1) is 11.3 Å². The van der Waals surface area contributed by atoms with Gasteiger partial charge in [-0.25, -0.2) is 0 Å². The average molecular weight is 293 g/mol. The fraction of sp³-hybridized carbons (Fsp3) is 0.182. The van der Waals surface area contributed by atoms with Gasteiger partial charge >= 0.3 is 0 Å². The number of anilines is 1. The second-order valence-electron chi connectivity index (χ2n) is 3.33. The molecule has 5 nitrogen and oxygen atoms in total. The zero-order chi connectivity index (χ0) is 12.1. The van der Waals surface area contributed by atoms with Gasteiger partial charge in [-0.1, -0.05) is 21.1 Å². The number of halogens is 1. The zero-order valence-corrected chi connectivity index (χ0v) is 10.4. The van der Waals surface area contributed by atoms with Crippen molar-refractivity contribution in [1.82, 2.24) is 10.1 Å². The Balaban J connectivity index is 1.99. The Labute approximate surface area is 107 Å². The quantitative estimate of drug-likeness (QED) is 0.936. The van der Waals surface area contributed by atoms with Crippen LogP contribution in [0.1, 0.15) is 11.4 Å². The van der Waals surface area contributed by atoms with E-state index in [2.05, 4.69) is 42.0 Å². The van der Waals surface area contributed by atoms with E-state index in [0.717, 1.165) is 10.2 Å². The lowest BCUT2D eigenvalue weighted by atomic mass is 10.2. The second-order valence-corrected chi connectivity index (χ2v) is 4.24. The van der Waals surface area contributed by atoms with E-state index in [-0.39, 0.29) is 0 Å². The summed E-state index contributed by atoms with van der Waals surface area (Å²) < 4.78 is 5.56. The third kappa shape index (κ3) is 3.04. The molecule has 0 aliphatic carbocycles. The summed E-state index contributed by atoms with van der Waals surface area (Å²) in [4.78, 5) is 3.92. The average Bonchev–Trinajstić information content (AvgIpc) is 2.82. The summed E-state index contributed by atoms with van der Waals surface area (Å²) >= 11 is 3.37. The van der Waals surface area contributed by atoms with Gasteiger partial charge < -0.3 is 9.84 Å². The fourth-order valence-electron chi connectivity index (χ4n) is 1.37. The summed E-state index contributed by atoms with van der Waals surface area (Å²) in [5.41, 5.74) is 1.41. The minimum atomic E-state index is 0.612. The van der Waals surface area contributed by atoms with E-state index in [1.165, 1.54) is 6.39 Å². The number of aromatic nitrogens is 2. The van der Waals surface area contributed by atoms with E-state index in [9.17, 15) is 0 Å². The van der Waals surface area contributed by atoms with Gasteiger partial charge in [0.05, 0.1) is 11.3 Å². The molecule has 0 radical (unpaired) electrons. The molecule has 0 amide bonds. The van der Waals surface area contributed by atoms with Crippen molar-refractivity contribution in [3.63, 3.8) is 0 Å². The van der Waals surface area contributed by atoms with Gasteiger partial charge in [0.2, 0.25) is 6.39 Å². The molecule has 17 heavy (non-hydrogen) atoms. The molecule has 1 aromatic carbocycles. The molecule has 1 N–H and O–H groups in total. The van der Waals surface area contributed by atoms with Gasteiger partial charge in [-0.3, -0.25) is 0 Å². The fourth-order valence-corrected chi connectivity index (χ4v) is 1.73. The van der Waals surface area contributed by atoms with Gasteiger partial charge in [-0.05, 0) is 18.2 Å². The molecule has 0 saturated heterocycles. The van der Waals surface area contributed by atoms with E-state index in [1.54, 1.807) is 6.07 Å². The van der Waals surface area contributed by atoms with Crippen LogP contribution in [0.3, 0.4) is 0 Å². The molecule has 0 aliphatic heterocycles. The molecular formula is C11H9BrN4O. The number of nitrogens with zero attached hydrogens (tertiary/aromatic N) is 3. The van der Waals surface area contributed by atoms with Crippen LogP contribution in [0.5, 0.6) is 0 Å². The number of rotatable bonds is 4. The monoisotopic (exact) mass is 292 g/mol. The Morgan fingerprint density at radius 1 is 1.47 bits per heavy atom. The van der Waals surface area contributed by atoms with Crippen molar-refractivity contribution in [2.75, 3.05) is 11.9 Å². The van der Waals surface area contributed by atoms with Gasteiger partial charge in [-0.2, -0.15) is 10.2 Å². The molecule has 2 aromatic rings. The van der Waals surface area contributed by atoms with Crippen LogP contribution < -0.4 is 5.32 Å². The highest BCUT2D eigenvalue weighted by atomic mass is 79.9. The maximum atomic E-state index is 8.95. The zero-order valence-electron chi connectivity index (χ0n) is 8.85. The first-order valence-electron chi connectivity index (χ1n) is 4.98. The third-order valence-corrected chi connectivity index (χ3v) is 2.67. The summed E-state index contributed by atoms with van der Waals surface area (Å²) in [6.45, 7) is 0.644. The highest BCUT2D eigenvalue weighted by molar-refractivity contribution is 9.10. The largest absolute Gasteiger partial charge is 0.383 e. The standard InChI is InChI=1S/C11H9BrN4O/c12-9-2-1-8(6-13)10(5-9)14-4-3-11-15-7-17-16-11/h1-2,5,7,14H,3-4H2. The second kappa shape index (κ2) is 5.46. The van der Waals surface area contributed by atoms with Gasteiger partial charge in [0, 0.05) is 17.4 Å². The molecule has 86 valence electrons. The molecule has 0 bridgehead atoms. The molecule has 0 spiro atoms. The first-order chi connectivity index (χ1) is 8.29. The summed E-state index contributed by atoms with van der Waals surface area (Å²) in [5.74, 6) is 0.644. The van der Waals surface area contributed by atoms with Crippen LogP contribution in [-0.2, 0) is 6.42 Å². The lowest BCUT2D eigenvalue weighted by Gasteiger charge is -2.07. The molecule has 0 fully saturated rings. The van der Waals surface area contributed by atoms with Crippen molar-refractivity contribution in [2.24, 2.45) is 0 Å². The number of hydrogen-bond acceptors (Lipinski definition) is 5. The van der Waals surface area contributed by atoms with Crippen LogP contribution in [0.15, 0.2) is 33.6 Å². The lowest BCUT2D eigenvalue weighted by Crippen LogP contribution is -2.07. The number of nitriles is 1. The highest BCUT2D eigenvalue weighted by Crippen LogP contribution is 2.20. The predicted molar refractivity (Wildman–Crippen MR) is 65.3 cm³/mol. The molecule has 0 aliphatic rings. The molecule has 0 saturated carbocycles.